The lowest BCUT2D eigenvalue weighted by Gasteiger charge is -2.16. The highest BCUT2D eigenvalue weighted by molar-refractivity contribution is 7.83. The third kappa shape index (κ3) is 3.90. The van der Waals surface area contributed by atoms with Crippen LogP contribution < -0.4 is 14.8 Å². The van der Waals surface area contributed by atoms with E-state index in [0.29, 0.717) is 25.5 Å². The Kier molecular flexibility index (Phi) is 5.41. The molecule has 0 fully saturated rings. The maximum absolute atomic E-state index is 11.5. The molecule has 0 saturated carbocycles. The molecule has 0 radical (unpaired) electrons. The first-order chi connectivity index (χ1) is 11.6. The summed E-state index contributed by atoms with van der Waals surface area (Å²) in [5, 5.41) is 3.48. The second-order valence-electron chi connectivity index (χ2n) is 5.96. The lowest BCUT2D eigenvalue weighted by Crippen LogP contribution is -2.06. The minimum absolute atomic E-state index is 0.582. The number of ether oxygens (including phenoxy) is 2. The van der Waals surface area contributed by atoms with Crippen LogP contribution in [0.4, 0.5) is 5.69 Å². The summed E-state index contributed by atoms with van der Waals surface area (Å²) in [7, 11) is -0.843. The van der Waals surface area contributed by atoms with Gasteiger partial charge in [0.1, 0.15) is 0 Å². The number of benzene rings is 2. The topological polar surface area (TPSA) is 47.6 Å². The zero-order valence-corrected chi connectivity index (χ0v) is 14.9. The first kappa shape index (κ1) is 16.8. The summed E-state index contributed by atoms with van der Waals surface area (Å²) in [5.41, 5.74) is 4.41. The molecular formula is C19H23NO3S. The number of anilines is 1. The second-order valence-corrected chi connectivity index (χ2v) is 7.39. The molecule has 0 bridgehead atoms. The number of rotatable bonds is 5. The van der Waals surface area contributed by atoms with E-state index in [4.69, 9.17) is 9.47 Å². The van der Waals surface area contributed by atoms with Gasteiger partial charge >= 0.3 is 0 Å². The molecular weight excluding hydrogens is 322 g/mol. The van der Waals surface area contributed by atoms with Crippen molar-refractivity contribution in [2.75, 3.05) is 24.8 Å². The minimum atomic E-state index is -0.843. The minimum Gasteiger partial charge on any atom is -0.490 e. The Morgan fingerprint density at radius 2 is 1.83 bits per heavy atom. The van der Waals surface area contributed by atoms with Crippen molar-refractivity contribution in [3.8, 4) is 11.5 Å². The van der Waals surface area contributed by atoms with Gasteiger partial charge < -0.3 is 14.8 Å². The summed E-state index contributed by atoms with van der Waals surface area (Å²) >= 11 is 0. The van der Waals surface area contributed by atoms with E-state index in [2.05, 4.69) is 24.4 Å². The fourth-order valence-electron chi connectivity index (χ4n) is 2.83. The highest BCUT2D eigenvalue weighted by Crippen LogP contribution is 2.34. The van der Waals surface area contributed by atoms with Gasteiger partial charge in [0.05, 0.1) is 13.2 Å². The quantitative estimate of drug-likeness (QED) is 0.899. The molecule has 0 spiro atoms. The van der Waals surface area contributed by atoms with Gasteiger partial charge in [-0.15, -0.1) is 0 Å². The summed E-state index contributed by atoms with van der Waals surface area (Å²) < 4.78 is 23.1. The average Bonchev–Trinajstić information content (AvgIpc) is 2.81. The zero-order chi connectivity index (χ0) is 16.9. The average molecular weight is 345 g/mol. The molecule has 0 unspecified atom stereocenters. The monoisotopic (exact) mass is 345 g/mol. The van der Waals surface area contributed by atoms with Crippen LogP contribution in [0.25, 0.3) is 0 Å². The Morgan fingerprint density at radius 3 is 2.67 bits per heavy atom. The predicted octanol–water partition coefficient (Wildman–Crippen LogP) is 3.65. The fraction of sp³-hybridized carbons (Fsp3) is 0.368. The fourth-order valence-corrected chi connectivity index (χ4v) is 3.58. The number of fused-ring (bicyclic) bond motifs is 1. The molecule has 24 heavy (non-hydrogen) atoms. The van der Waals surface area contributed by atoms with Gasteiger partial charge in [-0.2, -0.15) is 0 Å². The van der Waals surface area contributed by atoms with E-state index in [1.54, 1.807) is 6.26 Å². The first-order valence-electron chi connectivity index (χ1n) is 8.15. The highest BCUT2D eigenvalue weighted by atomic mass is 32.2. The van der Waals surface area contributed by atoms with Gasteiger partial charge in [0.15, 0.2) is 11.5 Å². The molecule has 2 aromatic rings. The molecule has 4 nitrogen and oxygen atoms in total. The van der Waals surface area contributed by atoms with Gasteiger partial charge in [0.2, 0.25) is 0 Å². The van der Waals surface area contributed by atoms with E-state index >= 15 is 0 Å². The third-order valence-electron chi connectivity index (χ3n) is 4.13. The van der Waals surface area contributed by atoms with Crippen molar-refractivity contribution in [1.82, 2.24) is 0 Å². The maximum Gasteiger partial charge on any atom is 0.166 e. The summed E-state index contributed by atoms with van der Waals surface area (Å²) in [6.45, 7) is 4.10. The van der Waals surface area contributed by atoms with Crippen molar-refractivity contribution in [3.63, 3.8) is 0 Å². The van der Waals surface area contributed by atoms with Crippen LogP contribution in [0, 0.1) is 6.92 Å². The number of hydrogen-bond acceptors (Lipinski definition) is 4. The van der Waals surface area contributed by atoms with E-state index in [0.717, 1.165) is 40.3 Å². The van der Waals surface area contributed by atoms with Gasteiger partial charge in [0, 0.05) is 47.0 Å². The lowest BCUT2D eigenvalue weighted by molar-refractivity contribution is 0.296. The standard InChI is InChI=1S/C19H23NO3S/c1-14-16(13-24(2)21)7-3-8-17(14)20-12-15-6-4-9-18-19(15)23-11-5-10-22-18/h3-4,6-9,20H,5,10-13H2,1-2H3/t24-/m0/s1. The first-order valence-corrected chi connectivity index (χ1v) is 9.88. The van der Waals surface area contributed by atoms with Crippen molar-refractivity contribution in [2.45, 2.75) is 25.6 Å². The molecule has 0 aromatic heterocycles. The van der Waals surface area contributed by atoms with E-state index in [-0.39, 0.29) is 0 Å². The molecule has 1 N–H and O–H groups in total. The van der Waals surface area contributed by atoms with Gasteiger partial charge in [-0.25, -0.2) is 0 Å². The van der Waals surface area contributed by atoms with Crippen LogP contribution >= 0.6 is 0 Å². The van der Waals surface area contributed by atoms with E-state index in [1.807, 2.05) is 24.3 Å². The van der Waals surface area contributed by atoms with Crippen molar-refractivity contribution in [2.24, 2.45) is 0 Å². The lowest BCUT2D eigenvalue weighted by atomic mass is 10.1. The zero-order valence-electron chi connectivity index (χ0n) is 14.1. The van der Waals surface area contributed by atoms with Crippen LogP contribution in [-0.4, -0.2) is 23.7 Å². The summed E-state index contributed by atoms with van der Waals surface area (Å²) in [6.07, 6.45) is 2.63. The second kappa shape index (κ2) is 7.71. The van der Waals surface area contributed by atoms with Crippen LogP contribution in [-0.2, 0) is 23.1 Å². The Bertz CT molecular complexity index is 745. The molecule has 2 aromatic carbocycles. The van der Waals surface area contributed by atoms with Crippen molar-refractivity contribution in [1.29, 1.82) is 0 Å². The Morgan fingerprint density at radius 1 is 1.08 bits per heavy atom. The molecule has 5 heteroatoms. The molecule has 1 atom stereocenters. The normalized spacial score (nSPS) is 14.8. The molecule has 1 aliphatic heterocycles. The van der Waals surface area contributed by atoms with Crippen LogP contribution in [0.15, 0.2) is 36.4 Å². The van der Waals surface area contributed by atoms with Gasteiger partial charge in [-0.3, -0.25) is 4.21 Å². The Labute approximate surface area is 145 Å². The van der Waals surface area contributed by atoms with Crippen molar-refractivity contribution < 1.29 is 13.7 Å². The van der Waals surface area contributed by atoms with E-state index < -0.39 is 10.8 Å². The summed E-state index contributed by atoms with van der Waals surface area (Å²) in [4.78, 5) is 0. The smallest absolute Gasteiger partial charge is 0.166 e. The van der Waals surface area contributed by atoms with E-state index in [9.17, 15) is 4.21 Å². The maximum atomic E-state index is 11.5. The van der Waals surface area contributed by atoms with Gasteiger partial charge in [0.25, 0.3) is 0 Å². The van der Waals surface area contributed by atoms with Gasteiger partial charge in [-0.1, -0.05) is 24.3 Å². The summed E-state index contributed by atoms with van der Waals surface area (Å²) in [5.74, 6) is 2.24. The Balaban J connectivity index is 1.78. The van der Waals surface area contributed by atoms with E-state index in [1.165, 1.54) is 0 Å². The largest absolute Gasteiger partial charge is 0.490 e. The molecule has 1 heterocycles. The molecule has 0 amide bonds. The molecule has 0 aliphatic carbocycles. The molecule has 1 aliphatic rings. The highest BCUT2D eigenvalue weighted by Gasteiger charge is 2.14. The van der Waals surface area contributed by atoms with Crippen LogP contribution in [0.5, 0.6) is 11.5 Å². The number of nitrogens with one attached hydrogen (secondary N) is 1. The van der Waals surface area contributed by atoms with Crippen LogP contribution in [0.2, 0.25) is 0 Å². The van der Waals surface area contributed by atoms with Crippen LogP contribution in [0.1, 0.15) is 23.1 Å². The number of para-hydroxylation sites is 1. The molecule has 3 rings (SSSR count). The third-order valence-corrected chi connectivity index (χ3v) is 4.84. The SMILES string of the molecule is Cc1c(C[S@](C)=O)cccc1NCc1cccc2c1OCCCO2. The van der Waals surface area contributed by atoms with Crippen molar-refractivity contribution >= 4 is 16.5 Å². The van der Waals surface area contributed by atoms with Crippen LogP contribution in [0.3, 0.4) is 0 Å². The molecule has 128 valence electrons. The predicted molar refractivity (Wildman–Crippen MR) is 98.3 cm³/mol. The van der Waals surface area contributed by atoms with Gasteiger partial charge in [-0.05, 0) is 30.2 Å². The van der Waals surface area contributed by atoms with Crippen molar-refractivity contribution in [3.05, 3.63) is 53.1 Å². The number of hydrogen-bond donors (Lipinski definition) is 1. The summed E-state index contributed by atoms with van der Waals surface area (Å²) in [6, 6.07) is 12.1. The molecule has 0 saturated heterocycles. The Hall–Kier alpha value is -2.01.